The number of halogens is 1. The van der Waals surface area contributed by atoms with Crippen molar-refractivity contribution in [2.75, 3.05) is 25.1 Å². The third kappa shape index (κ3) is 3.82. The quantitative estimate of drug-likeness (QED) is 0.825. The molecule has 122 valence electrons. The molecular formula is C15H16ClN3O3S. The average molecular weight is 354 g/mol. The van der Waals surface area contributed by atoms with Crippen LogP contribution in [0.15, 0.2) is 47.4 Å². The normalized spacial score (nSPS) is 11.5. The van der Waals surface area contributed by atoms with Gasteiger partial charge in [-0.2, -0.15) is 0 Å². The Labute approximate surface area is 139 Å². The van der Waals surface area contributed by atoms with Gasteiger partial charge in [0.15, 0.2) is 0 Å². The van der Waals surface area contributed by atoms with E-state index in [1.54, 1.807) is 18.2 Å². The lowest BCUT2D eigenvalue weighted by atomic mass is 10.2. The number of hydrogen-bond donors (Lipinski definition) is 2. The van der Waals surface area contributed by atoms with E-state index in [0.717, 1.165) is 4.31 Å². The number of nitrogens with zero attached hydrogens (tertiary/aromatic N) is 1. The fourth-order valence-corrected chi connectivity index (χ4v) is 2.89. The number of sulfonamides is 1. The van der Waals surface area contributed by atoms with Gasteiger partial charge in [-0.1, -0.05) is 11.6 Å². The van der Waals surface area contributed by atoms with E-state index in [9.17, 15) is 13.2 Å². The Morgan fingerprint density at radius 2 is 1.74 bits per heavy atom. The number of anilines is 2. The second-order valence-electron chi connectivity index (χ2n) is 5.01. The maximum absolute atomic E-state index is 12.2. The van der Waals surface area contributed by atoms with Crippen LogP contribution < -0.4 is 11.1 Å². The zero-order chi connectivity index (χ0) is 17.2. The van der Waals surface area contributed by atoms with Gasteiger partial charge in [0.05, 0.1) is 15.6 Å². The van der Waals surface area contributed by atoms with Gasteiger partial charge in [-0.05, 0) is 42.5 Å². The van der Waals surface area contributed by atoms with E-state index in [1.165, 1.54) is 38.4 Å². The van der Waals surface area contributed by atoms with Crippen LogP contribution in [0.2, 0.25) is 5.02 Å². The van der Waals surface area contributed by atoms with Crippen molar-refractivity contribution in [1.82, 2.24) is 4.31 Å². The molecule has 0 saturated carbocycles. The summed E-state index contributed by atoms with van der Waals surface area (Å²) in [5.74, 6) is -0.411. The summed E-state index contributed by atoms with van der Waals surface area (Å²) >= 11 is 5.99. The molecule has 0 aromatic heterocycles. The van der Waals surface area contributed by atoms with Gasteiger partial charge in [0, 0.05) is 25.3 Å². The third-order valence-corrected chi connectivity index (χ3v) is 5.29. The second kappa shape index (κ2) is 6.57. The van der Waals surface area contributed by atoms with E-state index in [4.69, 9.17) is 17.3 Å². The average Bonchev–Trinajstić information content (AvgIpc) is 2.50. The maximum Gasteiger partial charge on any atom is 0.255 e. The fraction of sp³-hybridized carbons (Fsp3) is 0.133. The lowest BCUT2D eigenvalue weighted by molar-refractivity contribution is 0.102. The molecule has 2 aromatic rings. The molecule has 0 saturated heterocycles. The van der Waals surface area contributed by atoms with Crippen LogP contribution in [0.4, 0.5) is 11.4 Å². The van der Waals surface area contributed by atoms with Crippen molar-refractivity contribution in [2.24, 2.45) is 0 Å². The van der Waals surface area contributed by atoms with Crippen molar-refractivity contribution < 1.29 is 13.2 Å². The molecule has 0 unspecified atom stereocenters. The van der Waals surface area contributed by atoms with Gasteiger partial charge in [0.2, 0.25) is 10.0 Å². The molecular weight excluding hydrogens is 338 g/mol. The SMILES string of the molecule is CN(C)S(=O)(=O)c1ccc(C(=O)Nc2cc(N)ccc2Cl)cc1. The lowest BCUT2D eigenvalue weighted by Crippen LogP contribution is -2.22. The van der Waals surface area contributed by atoms with Gasteiger partial charge < -0.3 is 11.1 Å². The minimum Gasteiger partial charge on any atom is -0.399 e. The molecule has 0 radical (unpaired) electrons. The smallest absolute Gasteiger partial charge is 0.255 e. The zero-order valence-electron chi connectivity index (χ0n) is 12.6. The third-order valence-electron chi connectivity index (χ3n) is 3.13. The zero-order valence-corrected chi connectivity index (χ0v) is 14.1. The van der Waals surface area contributed by atoms with Crippen LogP contribution in [-0.4, -0.2) is 32.7 Å². The van der Waals surface area contributed by atoms with E-state index < -0.39 is 15.9 Å². The molecule has 0 aliphatic carbocycles. The number of nitrogens with one attached hydrogen (secondary N) is 1. The minimum absolute atomic E-state index is 0.112. The van der Waals surface area contributed by atoms with Gasteiger partial charge in [0.25, 0.3) is 5.91 Å². The highest BCUT2D eigenvalue weighted by Crippen LogP contribution is 2.24. The number of benzene rings is 2. The number of nitrogen functional groups attached to an aromatic ring is 1. The molecule has 0 bridgehead atoms. The highest BCUT2D eigenvalue weighted by molar-refractivity contribution is 7.89. The Balaban J connectivity index is 2.23. The summed E-state index contributed by atoms with van der Waals surface area (Å²) in [6.45, 7) is 0. The van der Waals surface area contributed by atoms with Gasteiger partial charge >= 0.3 is 0 Å². The van der Waals surface area contributed by atoms with E-state index in [1.807, 2.05) is 0 Å². The predicted molar refractivity (Wildman–Crippen MR) is 91.1 cm³/mol. The van der Waals surface area contributed by atoms with Crippen molar-refractivity contribution in [1.29, 1.82) is 0 Å². The summed E-state index contributed by atoms with van der Waals surface area (Å²) in [5.41, 5.74) is 6.82. The first-order valence-electron chi connectivity index (χ1n) is 6.61. The van der Waals surface area contributed by atoms with Crippen LogP contribution in [-0.2, 0) is 10.0 Å². The second-order valence-corrected chi connectivity index (χ2v) is 7.56. The summed E-state index contributed by atoms with van der Waals surface area (Å²) < 4.78 is 25.1. The van der Waals surface area contributed by atoms with Crippen LogP contribution in [0.3, 0.4) is 0 Å². The van der Waals surface area contributed by atoms with E-state index in [2.05, 4.69) is 5.32 Å². The molecule has 0 fully saturated rings. The van der Waals surface area contributed by atoms with Crippen molar-refractivity contribution in [2.45, 2.75) is 4.90 Å². The first kappa shape index (κ1) is 17.3. The molecule has 0 spiro atoms. The van der Waals surface area contributed by atoms with E-state index in [0.29, 0.717) is 22.0 Å². The first-order valence-corrected chi connectivity index (χ1v) is 8.42. The van der Waals surface area contributed by atoms with E-state index >= 15 is 0 Å². The van der Waals surface area contributed by atoms with E-state index in [-0.39, 0.29) is 4.90 Å². The molecule has 23 heavy (non-hydrogen) atoms. The van der Waals surface area contributed by atoms with Crippen LogP contribution >= 0.6 is 11.6 Å². The largest absolute Gasteiger partial charge is 0.399 e. The molecule has 0 aliphatic heterocycles. The Bertz CT molecular complexity index is 834. The lowest BCUT2D eigenvalue weighted by Gasteiger charge is -2.12. The van der Waals surface area contributed by atoms with Crippen LogP contribution in [0.25, 0.3) is 0 Å². The van der Waals surface area contributed by atoms with Gasteiger partial charge in [-0.3, -0.25) is 4.79 Å². The number of carbonyl (C=O) groups is 1. The molecule has 8 heteroatoms. The first-order chi connectivity index (χ1) is 10.7. The standard InChI is InChI=1S/C15H16ClN3O3S/c1-19(2)23(21,22)12-6-3-10(4-7-12)15(20)18-14-9-11(17)5-8-13(14)16/h3-9H,17H2,1-2H3,(H,18,20). The molecule has 6 nitrogen and oxygen atoms in total. The number of hydrogen-bond acceptors (Lipinski definition) is 4. The predicted octanol–water partition coefficient (Wildman–Crippen LogP) is 2.42. The number of rotatable bonds is 4. The summed E-state index contributed by atoms with van der Waals surface area (Å²) in [7, 11) is -0.642. The maximum atomic E-state index is 12.2. The molecule has 0 atom stereocenters. The van der Waals surface area contributed by atoms with Crippen molar-refractivity contribution >= 4 is 38.9 Å². The summed E-state index contributed by atoms with van der Waals surface area (Å²) in [4.78, 5) is 12.3. The topological polar surface area (TPSA) is 92.5 Å². The Morgan fingerprint density at radius 1 is 1.13 bits per heavy atom. The van der Waals surface area contributed by atoms with Crippen molar-refractivity contribution in [3.05, 3.63) is 53.1 Å². The Morgan fingerprint density at radius 3 is 2.30 bits per heavy atom. The van der Waals surface area contributed by atoms with Crippen molar-refractivity contribution in [3.63, 3.8) is 0 Å². The fourth-order valence-electron chi connectivity index (χ4n) is 1.82. The number of amides is 1. The summed E-state index contributed by atoms with van der Waals surface area (Å²) in [6.07, 6.45) is 0. The number of carbonyl (C=O) groups excluding carboxylic acids is 1. The molecule has 3 N–H and O–H groups in total. The van der Waals surface area contributed by atoms with Crippen LogP contribution in [0, 0.1) is 0 Å². The molecule has 0 heterocycles. The molecule has 2 aromatic carbocycles. The highest BCUT2D eigenvalue weighted by Gasteiger charge is 2.17. The van der Waals surface area contributed by atoms with Crippen molar-refractivity contribution in [3.8, 4) is 0 Å². The monoisotopic (exact) mass is 353 g/mol. The van der Waals surface area contributed by atoms with Gasteiger partial charge in [-0.25, -0.2) is 12.7 Å². The summed E-state index contributed by atoms with van der Waals surface area (Å²) in [5, 5.41) is 3.00. The van der Waals surface area contributed by atoms with Gasteiger partial charge in [-0.15, -0.1) is 0 Å². The van der Waals surface area contributed by atoms with Crippen LogP contribution in [0.1, 0.15) is 10.4 Å². The molecule has 1 amide bonds. The molecule has 0 aliphatic rings. The minimum atomic E-state index is -3.53. The molecule has 2 rings (SSSR count). The highest BCUT2D eigenvalue weighted by atomic mass is 35.5. The summed E-state index contributed by atoms with van der Waals surface area (Å²) in [6, 6.07) is 10.4. The Kier molecular flexibility index (Phi) is 4.93. The van der Waals surface area contributed by atoms with Crippen LogP contribution in [0.5, 0.6) is 0 Å². The Hall–Kier alpha value is -2.09. The number of nitrogens with two attached hydrogens (primary N) is 1. The van der Waals surface area contributed by atoms with Gasteiger partial charge in [0.1, 0.15) is 0 Å².